The first-order valence-electron chi connectivity index (χ1n) is 10.7. The fourth-order valence-corrected chi connectivity index (χ4v) is 4.48. The van der Waals surface area contributed by atoms with E-state index >= 15 is 0 Å². The van der Waals surface area contributed by atoms with Gasteiger partial charge in [-0.25, -0.2) is 19.9 Å². The lowest BCUT2D eigenvalue weighted by molar-refractivity contribution is 0.1000. The van der Waals surface area contributed by atoms with Gasteiger partial charge in [-0.05, 0) is 44.9 Å². The molecule has 0 spiro atoms. The van der Waals surface area contributed by atoms with Crippen LogP contribution in [0.2, 0.25) is 0 Å². The number of oxazole rings is 1. The van der Waals surface area contributed by atoms with Crippen LogP contribution < -0.4 is 10.6 Å². The number of nitrogens with two attached hydrogens (primary N) is 1. The van der Waals surface area contributed by atoms with Gasteiger partial charge in [0.05, 0.1) is 17.8 Å². The second-order valence-corrected chi connectivity index (χ2v) is 8.40. The monoisotopic (exact) mass is 431 g/mol. The first-order valence-corrected chi connectivity index (χ1v) is 10.7. The summed E-state index contributed by atoms with van der Waals surface area (Å²) in [6, 6.07) is 6.67. The predicted molar refractivity (Wildman–Crippen MR) is 120 cm³/mol. The first-order chi connectivity index (χ1) is 15.4. The number of nitrogens with zero attached hydrogens (tertiary/aromatic N) is 6. The molecule has 5 rings (SSSR count). The lowest BCUT2D eigenvalue weighted by Crippen LogP contribution is -2.33. The van der Waals surface area contributed by atoms with Crippen molar-refractivity contribution in [2.45, 2.75) is 52.2 Å². The number of imidazole rings is 1. The zero-order valence-corrected chi connectivity index (χ0v) is 18.3. The molecule has 1 fully saturated rings. The average molecular weight is 432 g/mol. The first kappa shape index (κ1) is 20.2. The van der Waals surface area contributed by atoms with Crippen molar-refractivity contribution in [2.75, 3.05) is 4.90 Å². The zero-order valence-electron chi connectivity index (χ0n) is 18.3. The summed E-state index contributed by atoms with van der Waals surface area (Å²) in [6.45, 7) is 6.70. The third-order valence-electron chi connectivity index (χ3n) is 6.08. The number of pyridine rings is 2. The van der Waals surface area contributed by atoms with Gasteiger partial charge in [0.2, 0.25) is 5.91 Å². The second kappa shape index (κ2) is 7.74. The summed E-state index contributed by atoms with van der Waals surface area (Å²) >= 11 is 0. The van der Waals surface area contributed by atoms with E-state index in [4.69, 9.17) is 20.1 Å². The van der Waals surface area contributed by atoms with Crippen LogP contribution in [0.3, 0.4) is 0 Å². The highest BCUT2D eigenvalue weighted by molar-refractivity contribution is 5.95. The molecule has 0 saturated carbocycles. The number of hydrogen-bond donors (Lipinski definition) is 1. The Bertz CT molecular complexity index is 1280. The Hall–Kier alpha value is -3.75. The largest absolute Gasteiger partial charge is 0.449 e. The SMILES string of the molecule is Cc1nc(Cn2c(-c3ccc(N4[C@@H](C)CC[C@@H]4C)nc3)nc3cc(C(N)=O)cnc32)co1. The highest BCUT2D eigenvalue weighted by atomic mass is 16.3. The van der Waals surface area contributed by atoms with Gasteiger partial charge >= 0.3 is 0 Å². The maximum Gasteiger partial charge on any atom is 0.250 e. The summed E-state index contributed by atoms with van der Waals surface area (Å²) in [6.07, 6.45) is 7.28. The quantitative estimate of drug-likeness (QED) is 0.515. The van der Waals surface area contributed by atoms with Gasteiger partial charge in [-0.3, -0.25) is 4.79 Å². The van der Waals surface area contributed by atoms with Gasteiger partial charge in [0.1, 0.15) is 23.4 Å². The molecule has 5 heterocycles. The Balaban J connectivity index is 1.58. The molecule has 1 aliphatic rings. The number of primary amides is 1. The van der Waals surface area contributed by atoms with Gasteiger partial charge in [0.25, 0.3) is 0 Å². The second-order valence-electron chi connectivity index (χ2n) is 8.40. The molecular weight excluding hydrogens is 406 g/mol. The van der Waals surface area contributed by atoms with Crippen molar-refractivity contribution < 1.29 is 9.21 Å². The molecule has 0 aromatic carbocycles. The molecule has 2 atom stereocenters. The molecule has 9 heteroatoms. The number of aryl methyl sites for hydroxylation is 1. The van der Waals surface area contributed by atoms with E-state index in [2.05, 4.69) is 28.7 Å². The minimum atomic E-state index is -0.539. The topological polar surface area (TPSA) is 116 Å². The predicted octanol–water partition coefficient (Wildman–Crippen LogP) is 3.31. The van der Waals surface area contributed by atoms with E-state index in [1.165, 1.54) is 19.0 Å². The van der Waals surface area contributed by atoms with E-state index in [-0.39, 0.29) is 0 Å². The van der Waals surface area contributed by atoms with Crippen molar-refractivity contribution in [3.63, 3.8) is 0 Å². The number of hydrogen-bond acceptors (Lipinski definition) is 7. The number of rotatable bonds is 5. The van der Waals surface area contributed by atoms with E-state index < -0.39 is 5.91 Å². The summed E-state index contributed by atoms with van der Waals surface area (Å²) in [7, 11) is 0. The lowest BCUT2D eigenvalue weighted by atomic mass is 10.2. The molecule has 9 nitrogen and oxygen atoms in total. The molecule has 164 valence electrons. The molecule has 2 N–H and O–H groups in total. The van der Waals surface area contributed by atoms with E-state index in [9.17, 15) is 4.79 Å². The number of fused-ring (bicyclic) bond motifs is 1. The summed E-state index contributed by atoms with van der Waals surface area (Å²) in [5.74, 6) is 1.71. The summed E-state index contributed by atoms with van der Waals surface area (Å²) in [4.78, 5) is 32.4. The maximum absolute atomic E-state index is 11.6. The fraction of sp³-hybridized carbons (Fsp3) is 0.348. The Morgan fingerprint density at radius 3 is 2.56 bits per heavy atom. The number of carbonyl (C=O) groups excluding carboxylic acids is 1. The zero-order chi connectivity index (χ0) is 22.4. The highest BCUT2D eigenvalue weighted by Gasteiger charge is 2.28. The molecule has 0 unspecified atom stereocenters. The van der Waals surface area contributed by atoms with Crippen LogP contribution in [0.4, 0.5) is 5.82 Å². The highest BCUT2D eigenvalue weighted by Crippen LogP contribution is 2.31. The maximum atomic E-state index is 11.6. The molecule has 32 heavy (non-hydrogen) atoms. The molecule has 1 saturated heterocycles. The molecule has 0 radical (unpaired) electrons. The van der Waals surface area contributed by atoms with E-state index in [1.54, 1.807) is 19.3 Å². The van der Waals surface area contributed by atoms with Crippen molar-refractivity contribution in [2.24, 2.45) is 5.73 Å². The van der Waals surface area contributed by atoms with Crippen molar-refractivity contribution in [3.8, 4) is 11.4 Å². The van der Waals surface area contributed by atoms with Crippen LogP contribution in [0.15, 0.2) is 41.3 Å². The average Bonchev–Trinajstić information content (AvgIpc) is 3.45. The van der Waals surface area contributed by atoms with Crippen LogP contribution in [0.1, 0.15) is 48.6 Å². The third-order valence-corrected chi connectivity index (χ3v) is 6.08. The number of amides is 1. The van der Waals surface area contributed by atoms with Gasteiger partial charge < -0.3 is 19.6 Å². The lowest BCUT2D eigenvalue weighted by Gasteiger charge is -2.27. The Kier molecular flexibility index (Phi) is 4.88. The normalized spacial score (nSPS) is 18.5. The van der Waals surface area contributed by atoms with Crippen LogP contribution in [-0.2, 0) is 6.54 Å². The standard InChI is InChI=1S/C23H25N7O2/c1-13-4-5-14(2)30(13)20-7-6-16(9-25-20)22-28-19-8-17(21(24)31)10-26-23(19)29(22)11-18-12-32-15(3)27-18/h6-10,12-14H,4-5,11H2,1-3H3,(H2,24,31)/t13-,14-/m0/s1. The molecular formula is C23H25N7O2. The molecule has 0 aliphatic carbocycles. The Morgan fingerprint density at radius 2 is 1.94 bits per heavy atom. The smallest absolute Gasteiger partial charge is 0.250 e. The van der Waals surface area contributed by atoms with Crippen LogP contribution in [-0.4, -0.2) is 42.5 Å². The van der Waals surface area contributed by atoms with E-state index in [0.717, 1.165) is 17.1 Å². The Labute approximate surface area is 185 Å². The van der Waals surface area contributed by atoms with Gasteiger partial charge in [0.15, 0.2) is 11.5 Å². The van der Waals surface area contributed by atoms with E-state index in [1.807, 2.05) is 22.9 Å². The van der Waals surface area contributed by atoms with Gasteiger partial charge in [-0.15, -0.1) is 0 Å². The minimum Gasteiger partial charge on any atom is -0.449 e. The molecule has 4 aromatic rings. The number of carbonyl (C=O) groups is 1. The van der Waals surface area contributed by atoms with Crippen LogP contribution in [0, 0.1) is 6.92 Å². The van der Waals surface area contributed by atoms with E-state index in [0.29, 0.717) is 47.1 Å². The van der Waals surface area contributed by atoms with Gasteiger partial charge in [0, 0.05) is 37.0 Å². The molecule has 1 aliphatic heterocycles. The summed E-state index contributed by atoms with van der Waals surface area (Å²) in [5, 5.41) is 0. The van der Waals surface area contributed by atoms with Gasteiger partial charge in [-0.1, -0.05) is 0 Å². The van der Waals surface area contributed by atoms with Crippen LogP contribution in [0.25, 0.3) is 22.6 Å². The molecule has 0 bridgehead atoms. The third kappa shape index (κ3) is 3.49. The van der Waals surface area contributed by atoms with Gasteiger partial charge in [-0.2, -0.15) is 0 Å². The Morgan fingerprint density at radius 1 is 1.16 bits per heavy atom. The number of aromatic nitrogens is 5. The number of anilines is 1. The van der Waals surface area contributed by atoms with Crippen molar-refractivity contribution >= 4 is 22.9 Å². The summed E-state index contributed by atoms with van der Waals surface area (Å²) in [5.41, 5.74) is 8.58. The summed E-state index contributed by atoms with van der Waals surface area (Å²) < 4.78 is 7.32. The van der Waals surface area contributed by atoms with Crippen LogP contribution in [0.5, 0.6) is 0 Å². The fourth-order valence-electron chi connectivity index (χ4n) is 4.48. The van der Waals surface area contributed by atoms with Crippen molar-refractivity contribution in [1.82, 2.24) is 24.5 Å². The molecule has 1 amide bonds. The van der Waals surface area contributed by atoms with Crippen molar-refractivity contribution in [3.05, 3.63) is 54.0 Å². The van der Waals surface area contributed by atoms with Crippen LogP contribution >= 0.6 is 0 Å². The van der Waals surface area contributed by atoms with Crippen molar-refractivity contribution in [1.29, 1.82) is 0 Å². The molecule has 4 aromatic heterocycles. The minimum absolute atomic E-state index is 0.316.